The van der Waals surface area contributed by atoms with Crippen LogP contribution >= 0.6 is 0 Å². The van der Waals surface area contributed by atoms with Crippen LogP contribution in [0.15, 0.2) is 43.0 Å². The number of benzene rings is 2. The first kappa shape index (κ1) is 29.4. The molecule has 0 fully saturated rings. The first-order valence-electron chi connectivity index (χ1n) is 14.0. The van der Waals surface area contributed by atoms with Gasteiger partial charge in [0.05, 0.1) is 13.2 Å². The Kier molecular flexibility index (Phi) is 15.1. The summed E-state index contributed by atoms with van der Waals surface area (Å²) in [4.78, 5) is 11.0. The van der Waals surface area contributed by atoms with E-state index in [2.05, 4.69) is 38.6 Å². The predicted octanol–water partition coefficient (Wildman–Crippen LogP) is 9.79. The molecule has 2 aromatic rings. The van der Waals surface area contributed by atoms with Crippen LogP contribution in [0.1, 0.15) is 118 Å². The summed E-state index contributed by atoms with van der Waals surface area (Å²) in [5.41, 5.74) is 3.66. The Morgan fingerprint density at radius 3 is 1.64 bits per heavy atom. The molecule has 0 spiro atoms. The Morgan fingerprint density at radius 2 is 1.11 bits per heavy atom. The van der Waals surface area contributed by atoms with Crippen LogP contribution in [0.2, 0.25) is 0 Å². The molecule has 0 radical (unpaired) electrons. The fourth-order valence-corrected chi connectivity index (χ4v) is 4.13. The minimum absolute atomic E-state index is 0.677. The van der Waals surface area contributed by atoms with Crippen molar-refractivity contribution in [2.24, 2.45) is 0 Å². The molecule has 0 aromatic heterocycles. The number of carbonyl (C=O) groups is 1. The lowest BCUT2D eigenvalue weighted by atomic mass is 10.1. The van der Waals surface area contributed by atoms with Crippen LogP contribution in [-0.2, 0) is 0 Å². The quantitative estimate of drug-likeness (QED) is 0.105. The zero-order valence-corrected chi connectivity index (χ0v) is 22.6. The SMILES string of the molecule is C=Cc1cc(OCCCCCCCC)c(/C=C/c2ccc(C=O)cc2)cc1OCCCCCCCC. The molecule has 0 unspecified atom stereocenters. The van der Waals surface area contributed by atoms with Gasteiger partial charge in [-0.25, -0.2) is 0 Å². The van der Waals surface area contributed by atoms with Crippen molar-refractivity contribution in [1.29, 1.82) is 0 Å². The summed E-state index contributed by atoms with van der Waals surface area (Å²) in [6.07, 6.45) is 21.6. The van der Waals surface area contributed by atoms with Crippen molar-refractivity contribution >= 4 is 24.5 Å². The molecule has 3 heteroatoms. The number of hydrogen-bond donors (Lipinski definition) is 0. The van der Waals surface area contributed by atoms with Gasteiger partial charge in [-0.3, -0.25) is 4.79 Å². The Morgan fingerprint density at radius 1 is 0.639 bits per heavy atom. The lowest BCUT2D eigenvalue weighted by Crippen LogP contribution is -2.03. The van der Waals surface area contributed by atoms with Crippen LogP contribution in [0.3, 0.4) is 0 Å². The Bertz CT molecular complexity index is 911. The van der Waals surface area contributed by atoms with Gasteiger partial charge >= 0.3 is 0 Å². The highest BCUT2D eigenvalue weighted by Crippen LogP contribution is 2.32. The van der Waals surface area contributed by atoms with Gasteiger partial charge in [0.1, 0.15) is 17.8 Å². The van der Waals surface area contributed by atoms with Gasteiger partial charge in [-0.05, 0) is 30.5 Å². The summed E-state index contributed by atoms with van der Waals surface area (Å²) < 4.78 is 12.4. The molecule has 36 heavy (non-hydrogen) atoms. The van der Waals surface area contributed by atoms with Gasteiger partial charge in [-0.1, -0.05) is 127 Å². The number of rotatable bonds is 20. The molecule has 196 valence electrons. The molecule has 0 heterocycles. The molecule has 2 aromatic carbocycles. The van der Waals surface area contributed by atoms with Gasteiger partial charge in [-0.15, -0.1) is 0 Å². The summed E-state index contributed by atoms with van der Waals surface area (Å²) in [6.45, 7) is 9.91. The maximum absolute atomic E-state index is 11.0. The normalized spacial score (nSPS) is 11.1. The average molecular weight is 491 g/mol. The smallest absolute Gasteiger partial charge is 0.150 e. The van der Waals surface area contributed by atoms with E-state index in [-0.39, 0.29) is 0 Å². The molecule has 2 rings (SSSR count). The molecule has 0 atom stereocenters. The van der Waals surface area contributed by atoms with E-state index in [1.165, 1.54) is 64.2 Å². The van der Waals surface area contributed by atoms with E-state index < -0.39 is 0 Å². The van der Waals surface area contributed by atoms with Crippen molar-refractivity contribution in [2.45, 2.75) is 90.9 Å². The van der Waals surface area contributed by atoms with E-state index in [9.17, 15) is 4.79 Å². The molecule has 0 saturated heterocycles. The van der Waals surface area contributed by atoms with Crippen molar-refractivity contribution < 1.29 is 14.3 Å². The van der Waals surface area contributed by atoms with E-state index in [1.54, 1.807) is 0 Å². The molecule has 0 saturated carbocycles. The highest BCUT2D eigenvalue weighted by atomic mass is 16.5. The third kappa shape index (κ3) is 11.3. The van der Waals surface area contributed by atoms with Crippen LogP contribution in [0.4, 0.5) is 0 Å². The maximum atomic E-state index is 11.0. The van der Waals surface area contributed by atoms with Crippen molar-refractivity contribution in [3.8, 4) is 11.5 Å². The van der Waals surface area contributed by atoms with Crippen molar-refractivity contribution in [3.63, 3.8) is 0 Å². The molecule has 3 nitrogen and oxygen atoms in total. The van der Waals surface area contributed by atoms with Crippen molar-refractivity contribution in [3.05, 3.63) is 65.2 Å². The molecule has 0 aliphatic heterocycles. The standard InChI is InChI=1S/C33H46O3/c1-4-7-9-11-13-15-23-35-32-26-31(22-21-28-17-19-29(27-34)20-18-28)33(25-30(32)6-3)36-24-16-14-12-10-8-5-2/h6,17-22,25-27H,3-5,7-16,23-24H2,1-2H3/b22-21+. The van der Waals surface area contributed by atoms with E-state index >= 15 is 0 Å². The molecular weight excluding hydrogens is 444 g/mol. The monoisotopic (exact) mass is 490 g/mol. The molecule has 0 N–H and O–H groups in total. The van der Waals surface area contributed by atoms with Crippen molar-refractivity contribution in [1.82, 2.24) is 0 Å². The summed E-state index contributed by atoms with van der Waals surface area (Å²) in [7, 11) is 0. The van der Waals surface area contributed by atoms with Crippen molar-refractivity contribution in [2.75, 3.05) is 13.2 Å². The second-order valence-corrected chi connectivity index (χ2v) is 9.48. The lowest BCUT2D eigenvalue weighted by molar-refractivity contribution is 0.112. The summed E-state index contributed by atoms with van der Waals surface area (Å²) in [5.74, 6) is 1.70. The summed E-state index contributed by atoms with van der Waals surface area (Å²) >= 11 is 0. The number of unbranched alkanes of at least 4 members (excludes halogenated alkanes) is 10. The number of carbonyl (C=O) groups excluding carboxylic acids is 1. The van der Waals surface area contributed by atoms with Crippen LogP contribution in [0, 0.1) is 0 Å². The fraction of sp³-hybridized carbons (Fsp3) is 0.485. The van der Waals surface area contributed by atoms with E-state index in [0.29, 0.717) is 18.8 Å². The second kappa shape index (κ2) is 18.5. The highest BCUT2D eigenvalue weighted by molar-refractivity contribution is 5.78. The number of ether oxygens (including phenoxy) is 2. The molecular formula is C33H46O3. The lowest BCUT2D eigenvalue weighted by Gasteiger charge is -2.15. The fourth-order valence-electron chi connectivity index (χ4n) is 4.13. The minimum atomic E-state index is 0.677. The zero-order chi connectivity index (χ0) is 25.8. The van der Waals surface area contributed by atoms with Gasteiger partial charge in [0.25, 0.3) is 0 Å². The maximum Gasteiger partial charge on any atom is 0.150 e. The largest absolute Gasteiger partial charge is 0.493 e. The molecule has 0 aliphatic carbocycles. The van der Waals surface area contributed by atoms with Gasteiger partial charge in [0, 0.05) is 16.7 Å². The second-order valence-electron chi connectivity index (χ2n) is 9.48. The number of hydrogen-bond acceptors (Lipinski definition) is 3. The van der Waals surface area contributed by atoms with E-state index in [4.69, 9.17) is 9.47 Å². The topological polar surface area (TPSA) is 35.5 Å². The Labute approximate surface area is 219 Å². The van der Waals surface area contributed by atoms with Crippen LogP contribution in [-0.4, -0.2) is 19.5 Å². The zero-order valence-electron chi connectivity index (χ0n) is 22.6. The summed E-state index contributed by atoms with van der Waals surface area (Å²) in [6, 6.07) is 11.7. The molecule has 0 aliphatic rings. The first-order valence-corrected chi connectivity index (χ1v) is 14.0. The Hall–Kier alpha value is -2.81. The first-order chi connectivity index (χ1) is 17.7. The third-order valence-electron chi connectivity index (χ3n) is 6.40. The number of aldehydes is 1. The van der Waals surface area contributed by atoms with E-state index in [1.807, 2.05) is 36.4 Å². The Balaban J connectivity index is 2.09. The molecule has 0 amide bonds. The molecule has 0 bridgehead atoms. The van der Waals surface area contributed by atoms with Crippen LogP contribution in [0.25, 0.3) is 18.2 Å². The van der Waals surface area contributed by atoms with Crippen LogP contribution < -0.4 is 9.47 Å². The minimum Gasteiger partial charge on any atom is -0.493 e. The van der Waals surface area contributed by atoms with Gasteiger partial charge in [-0.2, -0.15) is 0 Å². The van der Waals surface area contributed by atoms with Crippen LogP contribution in [0.5, 0.6) is 11.5 Å². The van der Waals surface area contributed by atoms with Gasteiger partial charge < -0.3 is 9.47 Å². The highest BCUT2D eigenvalue weighted by Gasteiger charge is 2.10. The van der Waals surface area contributed by atoms with E-state index in [0.717, 1.165) is 47.3 Å². The van der Waals surface area contributed by atoms with Gasteiger partial charge in [0.15, 0.2) is 0 Å². The third-order valence-corrected chi connectivity index (χ3v) is 6.40. The van der Waals surface area contributed by atoms with Gasteiger partial charge in [0.2, 0.25) is 0 Å². The average Bonchev–Trinajstić information content (AvgIpc) is 2.91. The predicted molar refractivity (Wildman–Crippen MR) is 155 cm³/mol. The summed E-state index contributed by atoms with van der Waals surface area (Å²) in [5, 5.41) is 0.